The smallest absolute Gasteiger partial charge is 0.132 e. The third kappa shape index (κ3) is 2.99. The second kappa shape index (κ2) is 6.14. The van der Waals surface area contributed by atoms with Gasteiger partial charge in [0.2, 0.25) is 0 Å². The van der Waals surface area contributed by atoms with E-state index in [1.54, 1.807) is 6.33 Å². The summed E-state index contributed by atoms with van der Waals surface area (Å²) in [6.07, 6.45) is 6.62. The number of hydrogen-bond donors (Lipinski definition) is 1. The molecule has 0 aliphatic heterocycles. The molecular formula is C14H24N4. The van der Waals surface area contributed by atoms with Gasteiger partial charge in [-0.2, -0.15) is 0 Å². The van der Waals surface area contributed by atoms with Crippen LogP contribution >= 0.6 is 0 Å². The van der Waals surface area contributed by atoms with Crippen molar-refractivity contribution in [2.45, 2.75) is 51.5 Å². The number of nitrogens with zero attached hydrogens (tertiary/aromatic N) is 3. The van der Waals surface area contributed by atoms with Crippen molar-refractivity contribution in [3.63, 3.8) is 0 Å². The SMILES string of the molecule is CC(C)c1cc(N(CCCN)C2CCC2)ncn1. The van der Waals surface area contributed by atoms with Crippen LogP contribution in [0, 0.1) is 0 Å². The predicted molar refractivity (Wildman–Crippen MR) is 74.8 cm³/mol. The molecule has 1 aliphatic rings. The van der Waals surface area contributed by atoms with Crippen molar-refractivity contribution in [1.82, 2.24) is 9.97 Å². The Kier molecular flexibility index (Phi) is 4.53. The Balaban J connectivity index is 2.15. The Bertz CT molecular complexity index is 374. The van der Waals surface area contributed by atoms with Gasteiger partial charge >= 0.3 is 0 Å². The van der Waals surface area contributed by atoms with Gasteiger partial charge in [0, 0.05) is 24.3 Å². The molecule has 0 spiro atoms. The van der Waals surface area contributed by atoms with E-state index >= 15 is 0 Å². The zero-order valence-electron chi connectivity index (χ0n) is 11.5. The maximum Gasteiger partial charge on any atom is 0.132 e. The molecule has 0 unspecified atom stereocenters. The Labute approximate surface area is 110 Å². The van der Waals surface area contributed by atoms with Crippen molar-refractivity contribution in [2.24, 2.45) is 5.73 Å². The number of aromatic nitrogens is 2. The Morgan fingerprint density at radius 3 is 2.72 bits per heavy atom. The van der Waals surface area contributed by atoms with Gasteiger partial charge in [-0.1, -0.05) is 13.8 Å². The average molecular weight is 248 g/mol. The van der Waals surface area contributed by atoms with E-state index in [9.17, 15) is 0 Å². The van der Waals surface area contributed by atoms with Crippen LogP contribution in [0.2, 0.25) is 0 Å². The molecule has 0 amide bonds. The number of anilines is 1. The molecule has 1 aliphatic carbocycles. The molecule has 2 rings (SSSR count). The molecule has 100 valence electrons. The molecular weight excluding hydrogens is 224 g/mol. The predicted octanol–water partition coefficient (Wildman–Crippen LogP) is 2.31. The first kappa shape index (κ1) is 13.3. The molecule has 0 atom stereocenters. The first-order valence-electron chi connectivity index (χ1n) is 7.01. The normalized spacial score (nSPS) is 15.8. The third-order valence-electron chi connectivity index (χ3n) is 3.68. The van der Waals surface area contributed by atoms with Crippen LogP contribution in [0.15, 0.2) is 12.4 Å². The van der Waals surface area contributed by atoms with E-state index in [2.05, 4.69) is 34.8 Å². The molecule has 1 fully saturated rings. The highest BCUT2D eigenvalue weighted by Gasteiger charge is 2.25. The topological polar surface area (TPSA) is 55.0 Å². The van der Waals surface area contributed by atoms with E-state index < -0.39 is 0 Å². The molecule has 1 saturated carbocycles. The van der Waals surface area contributed by atoms with Crippen molar-refractivity contribution < 1.29 is 0 Å². The minimum atomic E-state index is 0.449. The van der Waals surface area contributed by atoms with Crippen LogP contribution < -0.4 is 10.6 Å². The van der Waals surface area contributed by atoms with Crippen molar-refractivity contribution in [1.29, 1.82) is 0 Å². The van der Waals surface area contributed by atoms with Gasteiger partial charge in [-0.05, 0) is 38.1 Å². The highest BCUT2D eigenvalue weighted by molar-refractivity contribution is 5.41. The van der Waals surface area contributed by atoms with Gasteiger partial charge in [0.25, 0.3) is 0 Å². The van der Waals surface area contributed by atoms with Gasteiger partial charge in [-0.15, -0.1) is 0 Å². The summed E-state index contributed by atoms with van der Waals surface area (Å²) in [7, 11) is 0. The lowest BCUT2D eigenvalue weighted by Crippen LogP contribution is -2.42. The fraction of sp³-hybridized carbons (Fsp3) is 0.714. The Morgan fingerprint density at radius 2 is 2.17 bits per heavy atom. The number of rotatable bonds is 6. The van der Waals surface area contributed by atoms with Gasteiger partial charge in [0.15, 0.2) is 0 Å². The molecule has 0 bridgehead atoms. The first-order valence-corrected chi connectivity index (χ1v) is 7.01. The molecule has 4 nitrogen and oxygen atoms in total. The van der Waals surface area contributed by atoms with E-state index in [1.807, 2.05) is 0 Å². The zero-order valence-corrected chi connectivity index (χ0v) is 11.5. The summed E-state index contributed by atoms with van der Waals surface area (Å²) >= 11 is 0. The molecule has 18 heavy (non-hydrogen) atoms. The van der Waals surface area contributed by atoms with Crippen molar-refractivity contribution in [2.75, 3.05) is 18.0 Å². The van der Waals surface area contributed by atoms with Crippen LogP contribution in [-0.2, 0) is 0 Å². The van der Waals surface area contributed by atoms with Crippen LogP contribution in [0.3, 0.4) is 0 Å². The Hall–Kier alpha value is -1.16. The van der Waals surface area contributed by atoms with Crippen LogP contribution in [0.25, 0.3) is 0 Å². The van der Waals surface area contributed by atoms with Crippen LogP contribution in [-0.4, -0.2) is 29.1 Å². The standard InChI is InChI=1S/C14H24N4/c1-11(2)13-9-14(17-10-16-13)18(8-4-7-15)12-5-3-6-12/h9-12H,3-8,15H2,1-2H3. The van der Waals surface area contributed by atoms with E-state index in [4.69, 9.17) is 5.73 Å². The van der Waals surface area contributed by atoms with Gasteiger partial charge in [0.05, 0.1) is 0 Å². The van der Waals surface area contributed by atoms with Crippen molar-refractivity contribution in [3.05, 3.63) is 18.1 Å². The summed E-state index contributed by atoms with van der Waals surface area (Å²) in [4.78, 5) is 11.2. The maximum atomic E-state index is 5.63. The van der Waals surface area contributed by atoms with Gasteiger partial charge < -0.3 is 10.6 Å². The summed E-state index contributed by atoms with van der Waals surface area (Å²) in [5.74, 6) is 1.52. The molecule has 0 saturated heterocycles. The van der Waals surface area contributed by atoms with Gasteiger partial charge in [-0.25, -0.2) is 9.97 Å². The van der Waals surface area contributed by atoms with E-state index in [-0.39, 0.29) is 0 Å². The largest absolute Gasteiger partial charge is 0.353 e. The molecule has 1 aromatic rings. The van der Waals surface area contributed by atoms with E-state index in [0.29, 0.717) is 12.0 Å². The highest BCUT2D eigenvalue weighted by Crippen LogP contribution is 2.29. The number of nitrogens with two attached hydrogens (primary N) is 1. The lowest BCUT2D eigenvalue weighted by molar-refractivity contribution is 0.382. The molecule has 4 heteroatoms. The highest BCUT2D eigenvalue weighted by atomic mass is 15.2. The molecule has 1 aromatic heterocycles. The quantitative estimate of drug-likeness (QED) is 0.839. The van der Waals surface area contributed by atoms with Gasteiger partial charge in [0.1, 0.15) is 12.1 Å². The molecule has 1 heterocycles. The van der Waals surface area contributed by atoms with E-state index in [1.165, 1.54) is 19.3 Å². The minimum absolute atomic E-state index is 0.449. The van der Waals surface area contributed by atoms with Crippen LogP contribution in [0.5, 0.6) is 0 Å². The summed E-state index contributed by atoms with van der Waals surface area (Å²) in [5, 5.41) is 0. The summed E-state index contributed by atoms with van der Waals surface area (Å²) in [5.41, 5.74) is 6.76. The first-order chi connectivity index (χ1) is 8.72. The van der Waals surface area contributed by atoms with Crippen molar-refractivity contribution >= 4 is 5.82 Å². The Morgan fingerprint density at radius 1 is 1.39 bits per heavy atom. The van der Waals surface area contributed by atoms with Crippen LogP contribution in [0.1, 0.15) is 51.1 Å². The molecule has 0 radical (unpaired) electrons. The monoisotopic (exact) mass is 248 g/mol. The van der Waals surface area contributed by atoms with E-state index in [0.717, 1.165) is 31.0 Å². The maximum absolute atomic E-state index is 5.63. The molecule has 2 N–H and O–H groups in total. The summed E-state index contributed by atoms with van der Waals surface area (Å²) in [6.45, 7) is 6.08. The lowest BCUT2D eigenvalue weighted by atomic mass is 9.91. The van der Waals surface area contributed by atoms with Crippen LogP contribution in [0.4, 0.5) is 5.82 Å². The fourth-order valence-electron chi connectivity index (χ4n) is 2.28. The van der Waals surface area contributed by atoms with Gasteiger partial charge in [-0.3, -0.25) is 0 Å². The molecule has 0 aromatic carbocycles. The summed E-state index contributed by atoms with van der Waals surface area (Å²) < 4.78 is 0. The zero-order chi connectivity index (χ0) is 13.0. The average Bonchev–Trinajstić information content (AvgIpc) is 2.32. The summed E-state index contributed by atoms with van der Waals surface area (Å²) in [6, 6.07) is 2.80. The second-order valence-corrected chi connectivity index (χ2v) is 5.38. The number of hydrogen-bond acceptors (Lipinski definition) is 4. The lowest BCUT2D eigenvalue weighted by Gasteiger charge is -2.38. The second-order valence-electron chi connectivity index (χ2n) is 5.38. The van der Waals surface area contributed by atoms with Crippen molar-refractivity contribution in [3.8, 4) is 0 Å². The fourth-order valence-corrected chi connectivity index (χ4v) is 2.28. The third-order valence-corrected chi connectivity index (χ3v) is 3.68. The minimum Gasteiger partial charge on any atom is -0.353 e.